The predicted molar refractivity (Wildman–Crippen MR) is 72.8 cm³/mol. The summed E-state index contributed by atoms with van der Waals surface area (Å²) in [5.74, 6) is -1.55. The van der Waals surface area contributed by atoms with E-state index in [1.165, 1.54) is 0 Å². The molecule has 0 aliphatic carbocycles. The third-order valence-corrected chi connectivity index (χ3v) is 3.97. The van der Waals surface area contributed by atoms with Gasteiger partial charge in [-0.15, -0.1) is 0 Å². The molecule has 0 rings (SSSR count). The molecule has 1 amide bonds. The summed E-state index contributed by atoms with van der Waals surface area (Å²) in [6, 6.07) is 0. The molecule has 0 atom stereocenters. The quantitative estimate of drug-likeness (QED) is 0.525. The SMILES string of the molecule is CCOP(=O)(C/C=C(\F)C(=O)NCC(C)C)OCC. The summed E-state index contributed by atoms with van der Waals surface area (Å²) in [4.78, 5) is 11.4. The van der Waals surface area contributed by atoms with Gasteiger partial charge in [0.25, 0.3) is 5.91 Å². The van der Waals surface area contributed by atoms with Gasteiger partial charge in [-0.25, -0.2) is 4.39 Å². The zero-order chi connectivity index (χ0) is 14.9. The largest absolute Gasteiger partial charge is 0.350 e. The number of hydrogen-bond acceptors (Lipinski definition) is 4. The summed E-state index contributed by atoms with van der Waals surface area (Å²) >= 11 is 0. The molecule has 19 heavy (non-hydrogen) atoms. The highest BCUT2D eigenvalue weighted by atomic mass is 31.2. The molecule has 0 spiro atoms. The molecule has 7 heteroatoms. The fourth-order valence-electron chi connectivity index (χ4n) is 1.20. The van der Waals surface area contributed by atoms with E-state index in [0.717, 1.165) is 6.08 Å². The highest BCUT2D eigenvalue weighted by Crippen LogP contribution is 2.48. The first-order valence-corrected chi connectivity index (χ1v) is 8.09. The van der Waals surface area contributed by atoms with Gasteiger partial charge in [-0.05, 0) is 25.8 Å². The van der Waals surface area contributed by atoms with Crippen molar-refractivity contribution in [2.24, 2.45) is 5.92 Å². The van der Waals surface area contributed by atoms with E-state index in [9.17, 15) is 13.8 Å². The van der Waals surface area contributed by atoms with Gasteiger partial charge in [0.2, 0.25) is 0 Å². The van der Waals surface area contributed by atoms with E-state index in [1.54, 1.807) is 13.8 Å². The van der Waals surface area contributed by atoms with Crippen molar-refractivity contribution in [2.45, 2.75) is 27.7 Å². The molecule has 0 saturated carbocycles. The maximum absolute atomic E-state index is 13.5. The van der Waals surface area contributed by atoms with E-state index in [4.69, 9.17) is 9.05 Å². The van der Waals surface area contributed by atoms with Crippen LogP contribution in [0.2, 0.25) is 0 Å². The zero-order valence-corrected chi connectivity index (χ0v) is 12.8. The summed E-state index contributed by atoms with van der Waals surface area (Å²) in [7, 11) is -3.35. The molecule has 0 bridgehead atoms. The van der Waals surface area contributed by atoms with Gasteiger partial charge in [-0.2, -0.15) is 0 Å². The number of halogens is 1. The van der Waals surface area contributed by atoms with E-state index in [1.807, 2.05) is 13.8 Å². The second-order valence-corrected chi connectivity index (χ2v) is 6.39. The van der Waals surface area contributed by atoms with Crippen molar-refractivity contribution < 1.29 is 22.8 Å². The number of allylic oxidation sites excluding steroid dienone is 1. The lowest BCUT2D eigenvalue weighted by Crippen LogP contribution is -2.27. The van der Waals surface area contributed by atoms with Gasteiger partial charge in [0.1, 0.15) is 0 Å². The van der Waals surface area contributed by atoms with E-state index in [0.29, 0.717) is 6.54 Å². The molecule has 0 aromatic rings. The minimum absolute atomic E-state index is 0.201. The van der Waals surface area contributed by atoms with Gasteiger partial charge in [0.05, 0.1) is 19.4 Å². The van der Waals surface area contributed by atoms with Crippen LogP contribution < -0.4 is 5.32 Å². The Morgan fingerprint density at radius 1 is 1.32 bits per heavy atom. The van der Waals surface area contributed by atoms with Gasteiger partial charge in [0, 0.05) is 6.54 Å². The van der Waals surface area contributed by atoms with Crippen LogP contribution in [0.3, 0.4) is 0 Å². The molecule has 0 aromatic heterocycles. The van der Waals surface area contributed by atoms with Crippen LogP contribution >= 0.6 is 7.60 Å². The predicted octanol–water partition coefficient (Wildman–Crippen LogP) is 2.88. The number of amides is 1. The molecule has 0 heterocycles. The average Bonchev–Trinajstić information content (AvgIpc) is 2.33. The Morgan fingerprint density at radius 3 is 2.26 bits per heavy atom. The molecule has 0 radical (unpaired) electrons. The highest BCUT2D eigenvalue weighted by Gasteiger charge is 2.23. The molecule has 0 aliphatic rings. The lowest BCUT2D eigenvalue weighted by atomic mass is 10.2. The molecule has 0 unspecified atom stereocenters. The van der Waals surface area contributed by atoms with Crippen LogP contribution in [0.1, 0.15) is 27.7 Å². The van der Waals surface area contributed by atoms with Gasteiger partial charge < -0.3 is 14.4 Å². The molecule has 0 aromatic carbocycles. The maximum atomic E-state index is 13.5. The number of hydrogen-bond donors (Lipinski definition) is 1. The van der Waals surface area contributed by atoms with Crippen LogP contribution in [0.25, 0.3) is 0 Å². The third kappa shape index (κ3) is 8.14. The van der Waals surface area contributed by atoms with Gasteiger partial charge in [0.15, 0.2) is 5.83 Å². The van der Waals surface area contributed by atoms with E-state index >= 15 is 0 Å². The monoisotopic (exact) mass is 295 g/mol. The van der Waals surface area contributed by atoms with Crippen molar-refractivity contribution in [1.82, 2.24) is 5.32 Å². The van der Waals surface area contributed by atoms with Gasteiger partial charge in [-0.3, -0.25) is 9.36 Å². The fraction of sp³-hybridized carbons (Fsp3) is 0.750. The van der Waals surface area contributed by atoms with Crippen LogP contribution in [0, 0.1) is 5.92 Å². The number of carbonyl (C=O) groups excluding carboxylic acids is 1. The Labute approximate surface area is 114 Å². The standard InChI is InChI=1S/C12H23FNO4P/c1-5-17-19(16,18-6-2)8-7-11(13)12(15)14-9-10(3)4/h7,10H,5-6,8-9H2,1-4H3,(H,14,15)/b11-7-. The molecule has 0 aliphatic heterocycles. The Morgan fingerprint density at radius 2 is 1.84 bits per heavy atom. The molecule has 1 N–H and O–H groups in total. The average molecular weight is 295 g/mol. The first-order chi connectivity index (χ1) is 8.84. The minimum Gasteiger partial charge on any atom is -0.350 e. The highest BCUT2D eigenvalue weighted by molar-refractivity contribution is 7.54. The first kappa shape index (κ1) is 18.3. The molecule has 5 nitrogen and oxygen atoms in total. The van der Waals surface area contributed by atoms with Crippen molar-refractivity contribution in [3.05, 3.63) is 11.9 Å². The van der Waals surface area contributed by atoms with Crippen molar-refractivity contribution >= 4 is 13.5 Å². The molecule has 0 saturated heterocycles. The Kier molecular flexibility index (Phi) is 8.89. The lowest BCUT2D eigenvalue weighted by molar-refractivity contribution is -0.119. The Bertz CT molecular complexity index is 348. The smallest absolute Gasteiger partial charge is 0.334 e. The topological polar surface area (TPSA) is 64.6 Å². The van der Waals surface area contributed by atoms with E-state index < -0.39 is 19.3 Å². The molecular weight excluding hydrogens is 272 g/mol. The fourth-order valence-corrected chi connectivity index (χ4v) is 2.66. The number of carbonyl (C=O) groups is 1. The van der Waals surface area contributed by atoms with Gasteiger partial charge in [-0.1, -0.05) is 13.8 Å². The van der Waals surface area contributed by atoms with Crippen molar-refractivity contribution in [1.29, 1.82) is 0 Å². The van der Waals surface area contributed by atoms with Crippen molar-refractivity contribution in [3.8, 4) is 0 Å². The number of nitrogens with one attached hydrogen (secondary N) is 1. The summed E-state index contributed by atoms with van der Waals surface area (Å²) < 4.78 is 35.5. The van der Waals surface area contributed by atoms with Crippen LogP contribution in [0.5, 0.6) is 0 Å². The van der Waals surface area contributed by atoms with Crippen LogP contribution in [0.4, 0.5) is 4.39 Å². The van der Waals surface area contributed by atoms with E-state index in [-0.39, 0.29) is 25.3 Å². The van der Waals surface area contributed by atoms with Crippen LogP contribution in [-0.4, -0.2) is 31.8 Å². The summed E-state index contributed by atoms with van der Waals surface area (Å²) in [6.07, 6.45) is 0.692. The molecular formula is C12H23FNO4P. The second kappa shape index (κ2) is 9.23. The van der Waals surface area contributed by atoms with Crippen LogP contribution in [0.15, 0.2) is 11.9 Å². The van der Waals surface area contributed by atoms with Crippen molar-refractivity contribution in [2.75, 3.05) is 25.9 Å². The second-order valence-electron chi connectivity index (χ2n) is 4.28. The summed E-state index contributed by atoms with van der Waals surface area (Å²) in [6.45, 7) is 7.93. The lowest BCUT2D eigenvalue weighted by Gasteiger charge is -2.15. The molecule has 0 fully saturated rings. The van der Waals surface area contributed by atoms with Crippen LogP contribution in [-0.2, 0) is 18.4 Å². The summed E-state index contributed by atoms with van der Waals surface area (Å²) in [5.41, 5.74) is 0. The normalized spacial score (nSPS) is 12.8. The maximum Gasteiger partial charge on any atom is 0.334 e. The van der Waals surface area contributed by atoms with Crippen molar-refractivity contribution in [3.63, 3.8) is 0 Å². The Balaban J connectivity index is 4.49. The third-order valence-electron chi connectivity index (χ3n) is 2.03. The molecule has 112 valence electrons. The summed E-state index contributed by atoms with van der Waals surface area (Å²) in [5, 5.41) is 2.43. The zero-order valence-electron chi connectivity index (χ0n) is 11.9. The Hall–Kier alpha value is -0.710. The van der Waals surface area contributed by atoms with Gasteiger partial charge >= 0.3 is 7.60 Å². The van der Waals surface area contributed by atoms with E-state index in [2.05, 4.69) is 5.32 Å². The first-order valence-electron chi connectivity index (χ1n) is 6.36. The number of rotatable bonds is 9. The minimum atomic E-state index is -3.35.